The maximum Gasteiger partial charge on any atom is 0.251 e. The lowest BCUT2D eigenvalue weighted by Crippen LogP contribution is -2.61. The fraction of sp³-hybridized carbons (Fsp3) is 0.853. The number of nitrogens with one attached hydrogen (secondary N) is 3. The molecule has 33 heteroatoms. The molecular formula is C75H125N3O30. The molecule has 12 unspecified atom stereocenters. The summed E-state index contributed by atoms with van der Waals surface area (Å²) in [5.41, 5.74) is 0.454. The zero-order valence-electron chi connectivity index (χ0n) is 63.1. The maximum atomic E-state index is 13.7. The summed E-state index contributed by atoms with van der Waals surface area (Å²) in [6.07, 6.45) is -21.3. The largest absolute Gasteiger partial charge is 0.492 e. The van der Waals surface area contributed by atoms with Crippen LogP contribution in [0.2, 0.25) is 0 Å². The molecule has 28 atom stereocenters. The number of aliphatic hydroxyl groups excluding tert-OH is 14. The van der Waals surface area contributed by atoms with Crippen molar-refractivity contribution in [1.29, 1.82) is 0 Å². The number of carbonyl (C=O) groups is 5. The molecule has 0 radical (unpaired) electrons. The number of Topliss-reactive ketones (excluding diaryl/α,β-unsaturated/α-hetero) is 2. The van der Waals surface area contributed by atoms with Gasteiger partial charge in [-0.2, -0.15) is 0 Å². The van der Waals surface area contributed by atoms with E-state index in [4.69, 9.17) is 52.1 Å². The first-order valence-corrected chi connectivity index (χ1v) is 39.1. The second kappa shape index (κ2) is 46.2. The van der Waals surface area contributed by atoms with Gasteiger partial charge in [-0.05, 0) is 106 Å². The van der Waals surface area contributed by atoms with E-state index >= 15 is 0 Å². The standard InChI is InChI=1S/C75H125N3O30/c1-6-7-8-14-21-57(83)76-24-27-98-47-34-44(48(82)20-13-9-10-15-22-58(84)77-25-28-100-73-68(94)66(92)62(88)56(108-73)39-102-50-30-41(3)43(5)32-52(50)104-75-70(96)64(90)60(86)54(37-80)106-75)33-45(35-47)71(97)78-23-16-11-12-18-46(81)19-17-26-99-72-67(93)65(91)61(87)55(107-72)38-101-49-29-40(2)42(4)31-51(49)103-74-69(95)63(89)59(85)53(36-79)105-74/h33-35,40-43,49-56,59-70,72-75,79-80,85-96H,6-32,36-39H2,1-5H3,(H,76,83)(H,77,84)(H,78,97)/t40?,41?,42-,43-,49-,50-,51?,52?,53?,54?,55?,56?,59+,60+,61+,62+,63-,64-,65-,66-,67?,68?,69?,70?,72-,73-,74-,75+/m0/s1. The third kappa shape index (κ3) is 27.3. The summed E-state index contributed by atoms with van der Waals surface area (Å²) in [4.78, 5) is 65.5. The van der Waals surface area contributed by atoms with E-state index in [-0.39, 0.29) is 149 Å². The molecule has 33 nitrogen and oxygen atoms in total. The molecule has 1 aromatic rings. The van der Waals surface area contributed by atoms with Gasteiger partial charge in [0.2, 0.25) is 11.8 Å². The van der Waals surface area contributed by atoms with Gasteiger partial charge in [0.1, 0.15) is 116 Å². The van der Waals surface area contributed by atoms with Gasteiger partial charge < -0.3 is 140 Å². The van der Waals surface area contributed by atoms with Gasteiger partial charge in [-0.25, -0.2) is 0 Å². The Kier molecular flexibility index (Phi) is 39.0. The Bertz CT molecular complexity index is 2670. The van der Waals surface area contributed by atoms with Crippen LogP contribution in [-0.2, 0) is 61.8 Å². The maximum absolute atomic E-state index is 13.7. The number of amides is 3. The highest BCUT2D eigenvalue weighted by Gasteiger charge is 2.51. The van der Waals surface area contributed by atoms with Crippen LogP contribution < -0.4 is 20.7 Å². The Labute approximate surface area is 631 Å². The number of ether oxygens (including phenoxy) is 11. The Morgan fingerprint density at radius 2 is 0.787 bits per heavy atom. The van der Waals surface area contributed by atoms with Crippen LogP contribution in [0.5, 0.6) is 5.75 Å². The fourth-order valence-corrected chi connectivity index (χ4v) is 14.3. The lowest BCUT2D eigenvalue weighted by atomic mass is 9.78. The number of hydrogen-bond acceptors (Lipinski definition) is 30. The molecule has 0 bridgehead atoms. The zero-order chi connectivity index (χ0) is 78.7. The SMILES string of the molecule is CCCCCCC(=O)NCCOc1cc(C(=O)CCCCCCC(=O)NCCO[C@H]2OC(CO[C@H]3CC(C)[C@@H](C)CC3O[C@@H]3OC(CO)[C@@H](O)[C@H](O)C3O)[C@@H](O)[C@H](O)C2O)cc(C(=O)NCCCCCC(=O)CCCO[C@H]2OC(CO[C@H]3CC(C)[C@@H](C)CC3O[C@H]3OC(CO)[C@@H](O)[C@H](O)C3O)[C@@H](O)[C@H](O)C2O)c1. The first-order valence-electron chi connectivity index (χ1n) is 39.1. The van der Waals surface area contributed by atoms with Crippen LogP contribution >= 0.6 is 0 Å². The fourth-order valence-electron chi connectivity index (χ4n) is 14.3. The van der Waals surface area contributed by atoms with E-state index in [0.29, 0.717) is 77.0 Å². The van der Waals surface area contributed by atoms with E-state index in [0.717, 1.165) is 25.7 Å². The van der Waals surface area contributed by atoms with Crippen LogP contribution in [0.15, 0.2) is 18.2 Å². The van der Waals surface area contributed by atoms with Gasteiger partial charge in [0.05, 0.1) is 70.6 Å². The van der Waals surface area contributed by atoms with Gasteiger partial charge >= 0.3 is 0 Å². The summed E-state index contributed by atoms with van der Waals surface area (Å²) in [5, 5.41) is 155. The average Bonchev–Trinajstić information content (AvgIpc) is 0.815. The molecule has 1 aromatic carbocycles. The van der Waals surface area contributed by atoms with E-state index in [1.54, 1.807) is 6.07 Å². The molecule has 7 rings (SSSR count). The Morgan fingerprint density at radius 1 is 0.389 bits per heavy atom. The van der Waals surface area contributed by atoms with E-state index in [2.05, 4.69) is 22.9 Å². The zero-order valence-corrected chi connectivity index (χ0v) is 63.1. The highest BCUT2D eigenvalue weighted by atomic mass is 16.7. The highest BCUT2D eigenvalue weighted by Crippen LogP contribution is 2.39. The molecule has 620 valence electrons. The van der Waals surface area contributed by atoms with Crippen LogP contribution in [0, 0.1) is 23.7 Å². The monoisotopic (exact) mass is 1550 g/mol. The molecule has 4 saturated heterocycles. The molecule has 108 heavy (non-hydrogen) atoms. The van der Waals surface area contributed by atoms with Crippen molar-refractivity contribution >= 4 is 29.3 Å². The van der Waals surface area contributed by atoms with Gasteiger partial charge in [0.15, 0.2) is 30.9 Å². The van der Waals surface area contributed by atoms with Gasteiger partial charge in [0, 0.05) is 56.3 Å². The van der Waals surface area contributed by atoms with Crippen molar-refractivity contribution in [3.63, 3.8) is 0 Å². The Morgan fingerprint density at radius 3 is 1.28 bits per heavy atom. The summed E-state index contributed by atoms with van der Waals surface area (Å²) in [6.45, 7) is 8.85. The molecule has 6 fully saturated rings. The van der Waals surface area contributed by atoms with Crippen molar-refractivity contribution in [2.24, 2.45) is 23.7 Å². The summed E-state index contributed by atoms with van der Waals surface area (Å²) in [7, 11) is 0. The van der Waals surface area contributed by atoms with Gasteiger partial charge in [-0.15, -0.1) is 0 Å². The molecule has 4 aliphatic heterocycles. The molecular weight excluding hydrogens is 1420 g/mol. The molecule has 2 saturated carbocycles. The van der Waals surface area contributed by atoms with Crippen molar-refractivity contribution in [3.05, 3.63) is 29.3 Å². The van der Waals surface area contributed by atoms with Crippen LogP contribution in [0.4, 0.5) is 0 Å². The third-order valence-electron chi connectivity index (χ3n) is 21.8. The lowest BCUT2D eigenvalue weighted by molar-refractivity contribution is -0.327. The smallest absolute Gasteiger partial charge is 0.251 e. The van der Waals surface area contributed by atoms with E-state index in [1.807, 2.05) is 27.7 Å². The molecule has 6 aliphatic rings. The van der Waals surface area contributed by atoms with Crippen molar-refractivity contribution in [2.75, 3.05) is 65.9 Å². The second-order valence-electron chi connectivity index (χ2n) is 30.3. The molecule has 2 aliphatic carbocycles. The Hall–Kier alpha value is -4.19. The van der Waals surface area contributed by atoms with Gasteiger partial charge in [-0.1, -0.05) is 73.1 Å². The van der Waals surface area contributed by atoms with Crippen molar-refractivity contribution < 1.29 is 148 Å². The van der Waals surface area contributed by atoms with Crippen LogP contribution in [-0.4, -0.2) is 314 Å². The molecule has 4 heterocycles. The molecule has 0 aromatic heterocycles. The highest BCUT2D eigenvalue weighted by molar-refractivity contribution is 6.01. The van der Waals surface area contributed by atoms with Crippen LogP contribution in [0.1, 0.15) is 190 Å². The van der Waals surface area contributed by atoms with Gasteiger partial charge in [0.25, 0.3) is 5.91 Å². The predicted octanol–water partition coefficient (Wildman–Crippen LogP) is -0.648. The summed E-state index contributed by atoms with van der Waals surface area (Å²) >= 11 is 0. The van der Waals surface area contributed by atoms with Crippen molar-refractivity contribution in [2.45, 2.75) is 317 Å². The van der Waals surface area contributed by atoms with Crippen LogP contribution in [0.3, 0.4) is 0 Å². The molecule has 3 amide bonds. The van der Waals surface area contributed by atoms with Gasteiger partial charge in [-0.3, -0.25) is 24.0 Å². The lowest BCUT2D eigenvalue weighted by Gasteiger charge is -2.45. The number of hydrogen-bond donors (Lipinski definition) is 17. The number of carbonyl (C=O) groups excluding carboxylic acids is 5. The molecule has 17 N–H and O–H groups in total. The van der Waals surface area contributed by atoms with E-state index in [1.165, 1.54) is 12.1 Å². The molecule has 0 spiro atoms. The number of unbranched alkanes of at least 4 members (excludes halogenated alkanes) is 8. The first-order chi connectivity index (χ1) is 51.6. The Balaban J connectivity index is 0.784. The van der Waals surface area contributed by atoms with Crippen LogP contribution in [0.25, 0.3) is 0 Å². The van der Waals surface area contributed by atoms with Crippen molar-refractivity contribution in [3.8, 4) is 5.75 Å². The average molecular weight is 1550 g/mol. The third-order valence-corrected chi connectivity index (χ3v) is 21.8. The first kappa shape index (κ1) is 91.0. The minimum Gasteiger partial charge on any atom is -0.492 e. The van der Waals surface area contributed by atoms with Crippen molar-refractivity contribution in [1.82, 2.24) is 16.0 Å². The minimum absolute atomic E-state index is 0.0234. The van der Waals surface area contributed by atoms with E-state index < -0.39 is 166 Å². The quantitative estimate of drug-likeness (QED) is 0.0285. The predicted molar refractivity (Wildman–Crippen MR) is 381 cm³/mol. The normalized spacial score (nSPS) is 35.9. The number of aliphatic hydroxyl groups is 14. The number of ketones is 2. The second-order valence-corrected chi connectivity index (χ2v) is 30.3. The topological polar surface area (TPSA) is 506 Å². The summed E-state index contributed by atoms with van der Waals surface area (Å²) < 4.78 is 65.1. The summed E-state index contributed by atoms with van der Waals surface area (Å²) in [5.74, 6) is -0.191. The number of benzene rings is 1. The number of rotatable bonds is 45. The van der Waals surface area contributed by atoms with E-state index in [9.17, 15) is 95.5 Å². The minimum atomic E-state index is -1.68. The summed E-state index contributed by atoms with van der Waals surface area (Å²) in [6, 6.07) is 4.60.